The predicted octanol–water partition coefficient (Wildman–Crippen LogP) is 4.15. The van der Waals surface area contributed by atoms with Gasteiger partial charge in [-0.25, -0.2) is 4.79 Å². The van der Waals surface area contributed by atoms with Crippen molar-refractivity contribution < 1.29 is 9.53 Å². The van der Waals surface area contributed by atoms with E-state index < -0.39 is 5.60 Å². The van der Waals surface area contributed by atoms with Gasteiger partial charge in [-0.2, -0.15) is 0 Å². The summed E-state index contributed by atoms with van der Waals surface area (Å²) < 4.78 is 6.52. The molecule has 0 aromatic heterocycles. The van der Waals surface area contributed by atoms with Gasteiger partial charge in [-0.15, -0.1) is 0 Å². The van der Waals surface area contributed by atoms with Crippen molar-refractivity contribution in [3.8, 4) is 0 Å². The van der Waals surface area contributed by atoms with Gasteiger partial charge in [-0.3, -0.25) is 0 Å². The van der Waals surface area contributed by atoms with Crippen LogP contribution in [0.2, 0.25) is 0 Å². The number of anilines is 1. The molecule has 0 heterocycles. The number of hydrogen-bond donors (Lipinski definition) is 2. The number of ether oxygens (including phenoxy) is 1. The second-order valence-electron chi connectivity index (χ2n) is 6.51. The third kappa shape index (κ3) is 5.73. The van der Waals surface area contributed by atoms with Gasteiger partial charge in [0.15, 0.2) is 0 Å². The summed E-state index contributed by atoms with van der Waals surface area (Å²) in [6.45, 7) is 5.63. The summed E-state index contributed by atoms with van der Waals surface area (Å²) in [4.78, 5) is 11.8. The number of carbonyl (C=O) groups is 1. The van der Waals surface area contributed by atoms with Crippen molar-refractivity contribution in [1.82, 2.24) is 5.32 Å². The van der Waals surface area contributed by atoms with Gasteiger partial charge in [-0.1, -0.05) is 6.07 Å². The fourth-order valence-corrected chi connectivity index (χ4v) is 3.07. The largest absolute Gasteiger partial charge is 0.444 e. The molecule has 5 heteroatoms. The summed E-state index contributed by atoms with van der Waals surface area (Å²) in [5.74, 6) is 0. The minimum atomic E-state index is -0.443. The van der Waals surface area contributed by atoms with Gasteiger partial charge in [0.2, 0.25) is 0 Å². The third-order valence-corrected chi connectivity index (χ3v) is 4.02. The van der Waals surface area contributed by atoms with Gasteiger partial charge >= 0.3 is 6.09 Å². The molecule has 0 spiro atoms. The number of carbonyl (C=O) groups excluding carboxylic acids is 1. The molecule has 2 unspecified atom stereocenters. The van der Waals surface area contributed by atoms with Crippen molar-refractivity contribution in [2.45, 2.75) is 57.7 Å². The molecule has 2 N–H and O–H groups in total. The van der Waals surface area contributed by atoms with Crippen LogP contribution >= 0.6 is 22.6 Å². The fraction of sp³-hybridized carbons (Fsp3) is 0.562. The maximum absolute atomic E-state index is 11.8. The first-order valence-electron chi connectivity index (χ1n) is 7.33. The topological polar surface area (TPSA) is 50.4 Å². The lowest BCUT2D eigenvalue weighted by Crippen LogP contribution is -2.38. The Labute approximate surface area is 140 Å². The molecule has 1 aliphatic carbocycles. The van der Waals surface area contributed by atoms with Crippen LogP contribution in [0.3, 0.4) is 0 Å². The lowest BCUT2D eigenvalue weighted by atomic mass is 10.2. The SMILES string of the molecule is CC(C)(C)OC(=O)NC1CCC(Nc2cccc(I)c2)C1. The van der Waals surface area contributed by atoms with Crippen LogP contribution in [-0.2, 0) is 4.74 Å². The van der Waals surface area contributed by atoms with Gasteiger partial charge < -0.3 is 15.4 Å². The summed E-state index contributed by atoms with van der Waals surface area (Å²) in [6.07, 6.45) is 2.67. The molecule has 1 aliphatic rings. The number of alkyl carbamates (subject to hydrolysis) is 1. The van der Waals surface area contributed by atoms with E-state index >= 15 is 0 Å². The van der Waals surface area contributed by atoms with Crippen molar-refractivity contribution in [2.75, 3.05) is 5.32 Å². The zero-order valence-electron chi connectivity index (χ0n) is 12.8. The number of hydrogen-bond acceptors (Lipinski definition) is 3. The normalized spacial score (nSPS) is 21.9. The molecule has 1 saturated carbocycles. The van der Waals surface area contributed by atoms with Gasteiger partial charge in [0.05, 0.1) is 0 Å². The summed E-state index contributed by atoms with van der Waals surface area (Å²) in [6, 6.07) is 8.94. The lowest BCUT2D eigenvalue weighted by Gasteiger charge is -2.22. The Hall–Kier alpha value is -0.980. The molecule has 4 nitrogen and oxygen atoms in total. The predicted molar refractivity (Wildman–Crippen MR) is 93.6 cm³/mol. The maximum atomic E-state index is 11.8. The summed E-state index contributed by atoms with van der Waals surface area (Å²) in [5, 5.41) is 6.50. The quantitative estimate of drug-likeness (QED) is 0.747. The Bertz CT molecular complexity index is 499. The van der Waals surface area contributed by atoms with E-state index in [1.807, 2.05) is 20.8 Å². The first kappa shape index (κ1) is 16.4. The van der Waals surface area contributed by atoms with Crippen molar-refractivity contribution in [3.05, 3.63) is 27.8 Å². The molecule has 1 aromatic rings. The number of rotatable bonds is 3. The highest BCUT2D eigenvalue weighted by Gasteiger charge is 2.27. The molecule has 0 radical (unpaired) electrons. The van der Waals surface area contributed by atoms with Crippen LogP contribution in [0, 0.1) is 3.57 Å². The summed E-state index contributed by atoms with van der Waals surface area (Å²) >= 11 is 2.31. The third-order valence-electron chi connectivity index (χ3n) is 3.35. The fourth-order valence-electron chi connectivity index (χ4n) is 2.53. The van der Waals surface area contributed by atoms with Crippen LogP contribution in [0.1, 0.15) is 40.0 Å². The highest BCUT2D eigenvalue weighted by atomic mass is 127. The van der Waals surface area contributed by atoms with Crippen LogP contribution in [0.15, 0.2) is 24.3 Å². The summed E-state index contributed by atoms with van der Waals surface area (Å²) in [7, 11) is 0. The van der Waals surface area contributed by atoms with Gasteiger partial charge in [0.25, 0.3) is 0 Å². The van der Waals surface area contributed by atoms with Crippen molar-refractivity contribution in [1.29, 1.82) is 0 Å². The van der Waals surface area contributed by atoms with Crippen LogP contribution in [0.25, 0.3) is 0 Å². The lowest BCUT2D eigenvalue weighted by molar-refractivity contribution is 0.0505. The van der Waals surface area contributed by atoms with E-state index in [0.29, 0.717) is 6.04 Å². The van der Waals surface area contributed by atoms with E-state index in [-0.39, 0.29) is 12.1 Å². The molecular weight excluding hydrogens is 379 g/mol. The highest BCUT2D eigenvalue weighted by Crippen LogP contribution is 2.24. The first-order chi connectivity index (χ1) is 9.82. The molecule has 0 aliphatic heterocycles. The molecule has 2 atom stereocenters. The van der Waals surface area contributed by atoms with E-state index in [1.54, 1.807) is 0 Å². The minimum absolute atomic E-state index is 0.195. The Morgan fingerprint density at radius 1 is 1.29 bits per heavy atom. The van der Waals surface area contributed by atoms with Crippen LogP contribution < -0.4 is 10.6 Å². The van der Waals surface area contributed by atoms with Crippen molar-refractivity contribution in [2.24, 2.45) is 0 Å². The van der Waals surface area contributed by atoms with E-state index in [0.717, 1.165) is 24.9 Å². The van der Waals surface area contributed by atoms with E-state index in [2.05, 4.69) is 57.5 Å². The smallest absolute Gasteiger partial charge is 0.407 e. The Morgan fingerprint density at radius 3 is 2.67 bits per heavy atom. The molecule has 1 amide bonds. The second kappa shape index (κ2) is 6.85. The van der Waals surface area contributed by atoms with E-state index in [9.17, 15) is 4.79 Å². The summed E-state index contributed by atoms with van der Waals surface area (Å²) in [5.41, 5.74) is 0.700. The average Bonchev–Trinajstić information content (AvgIpc) is 2.73. The molecule has 2 rings (SSSR count). The number of amides is 1. The van der Waals surface area contributed by atoms with E-state index in [1.165, 1.54) is 3.57 Å². The molecule has 1 fully saturated rings. The van der Waals surface area contributed by atoms with Crippen LogP contribution in [0.5, 0.6) is 0 Å². The average molecular weight is 402 g/mol. The Morgan fingerprint density at radius 2 is 2.00 bits per heavy atom. The van der Waals surface area contributed by atoms with Crippen LogP contribution in [0.4, 0.5) is 10.5 Å². The molecule has 1 aromatic carbocycles. The Kier molecular flexibility index (Phi) is 5.35. The second-order valence-corrected chi connectivity index (χ2v) is 7.75. The number of benzene rings is 1. The van der Waals surface area contributed by atoms with Crippen molar-refractivity contribution >= 4 is 34.4 Å². The maximum Gasteiger partial charge on any atom is 0.407 e. The Balaban J connectivity index is 1.80. The highest BCUT2D eigenvalue weighted by molar-refractivity contribution is 14.1. The molecule has 0 saturated heterocycles. The van der Waals surface area contributed by atoms with E-state index in [4.69, 9.17) is 4.74 Å². The number of halogens is 1. The zero-order chi connectivity index (χ0) is 15.5. The standard InChI is InChI=1S/C16H23IN2O2/c1-16(2,3)21-15(20)19-14-8-7-13(10-14)18-12-6-4-5-11(17)9-12/h4-6,9,13-14,18H,7-8,10H2,1-3H3,(H,19,20). The van der Waals surface area contributed by atoms with Gasteiger partial charge in [0.1, 0.15) is 5.60 Å². The minimum Gasteiger partial charge on any atom is -0.444 e. The monoisotopic (exact) mass is 402 g/mol. The number of nitrogens with one attached hydrogen (secondary N) is 2. The molecule has 21 heavy (non-hydrogen) atoms. The van der Waals surface area contributed by atoms with Gasteiger partial charge in [0, 0.05) is 21.3 Å². The molecule has 0 bridgehead atoms. The van der Waals surface area contributed by atoms with Crippen LogP contribution in [-0.4, -0.2) is 23.8 Å². The van der Waals surface area contributed by atoms with Crippen molar-refractivity contribution in [3.63, 3.8) is 0 Å². The molecular formula is C16H23IN2O2. The molecule has 116 valence electrons. The van der Waals surface area contributed by atoms with Gasteiger partial charge in [-0.05, 0) is 80.8 Å². The first-order valence-corrected chi connectivity index (χ1v) is 8.41. The zero-order valence-corrected chi connectivity index (χ0v) is 14.9.